The Morgan fingerprint density at radius 2 is 2.00 bits per heavy atom. The third kappa shape index (κ3) is 7.25. The molecule has 0 aliphatic rings. The van der Waals surface area contributed by atoms with Crippen molar-refractivity contribution in [1.82, 2.24) is 0 Å². The fourth-order valence-electron chi connectivity index (χ4n) is 0.278. The number of oxime groups is 1. The lowest BCUT2D eigenvalue weighted by Crippen LogP contribution is -2.16. The summed E-state index contributed by atoms with van der Waals surface area (Å²) in [5.41, 5.74) is 3.00. The quantitative estimate of drug-likeness (QED) is 0.178. The zero-order valence-electron chi connectivity index (χ0n) is 5.97. The summed E-state index contributed by atoms with van der Waals surface area (Å²) in [4.78, 5) is 0. The van der Waals surface area contributed by atoms with Crippen LogP contribution in [0.2, 0.25) is 19.6 Å². The molecule has 0 aromatic heterocycles. The molecule has 0 aliphatic carbocycles. The minimum atomic E-state index is -1.26. The van der Waals surface area contributed by atoms with Crippen molar-refractivity contribution >= 4 is 14.3 Å². The molecule has 3 heteroatoms. The molecule has 1 N–H and O–H groups in total. The van der Waals surface area contributed by atoms with Crippen LogP contribution in [-0.2, 0) is 0 Å². The van der Waals surface area contributed by atoms with Gasteiger partial charge in [0.2, 0.25) is 0 Å². The zero-order chi connectivity index (χ0) is 7.33. The number of hydrogen-bond acceptors (Lipinski definition) is 2. The van der Waals surface area contributed by atoms with E-state index in [1.54, 1.807) is 0 Å². The van der Waals surface area contributed by atoms with Crippen molar-refractivity contribution in [2.75, 3.05) is 0 Å². The topological polar surface area (TPSA) is 32.6 Å². The first-order chi connectivity index (χ1) is 4.06. The standard InChI is InChI=1S/C6H11NOSi/c1-9(2,3)6-4-5-7-8/h5,8H,1-3H3/b7-5-. The molecule has 0 bridgehead atoms. The lowest BCUT2D eigenvalue weighted by molar-refractivity contribution is 0.322. The summed E-state index contributed by atoms with van der Waals surface area (Å²) in [7, 11) is -1.26. The van der Waals surface area contributed by atoms with Crippen LogP contribution in [0.25, 0.3) is 0 Å². The second kappa shape index (κ2) is 3.31. The normalized spacial score (nSPS) is 11.0. The highest BCUT2D eigenvalue weighted by Gasteiger charge is 2.06. The maximum absolute atomic E-state index is 7.95. The Morgan fingerprint density at radius 3 is 2.33 bits per heavy atom. The molecular formula is C6H11NOSi. The lowest BCUT2D eigenvalue weighted by atomic mass is 10.8. The maximum atomic E-state index is 7.95. The molecule has 0 heterocycles. The van der Waals surface area contributed by atoms with Crippen LogP contribution < -0.4 is 0 Å². The molecule has 0 saturated heterocycles. The Hall–Kier alpha value is -0.753. The Bertz CT molecular complexity index is 158. The van der Waals surface area contributed by atoms with Gasteiger partial charge in [0.1, 0.15) is 14.3 Å². The lowest BCUT2D eigenvalue weighted by Gasteiger charge is -2.01. The molecule has 0 aromatic carbocycles. The van der Waals surface area contributed by atoms with E-state index in [4.69, 9.17) is 5.21 Å². The van der Waals surface area contributed by atoms with Crippen molar-refractivity contribution in [1.29, 1.82) is 0 Å². The van der Waals surface area contributed by atoms with E-state index in [9.17, 15) is 0 Å². The molecule has 0 aromatic rings. The average molecular weight is 141 g/mol. The van der Waals surface area contributed by atoms with Gasteiger partial charge in [-0.15, -0.1) is 5.54 Å². The highest BCUT2D eigenvalue weighted by atomic mass is 28.3. The van der Waals surface area contributed by atoms with Crippen LogP contribution in [0.3, 0.4) is 0 Å². The molecule has 2 nitrogen and oxygen atoms in total. The van der Waals surface area contributed by atoms with Gasteiger partial charge in [0.15, 0.2) is 0 Å². The van der Waals surface area contributed by atoms with E-state index in [0.29, 0.717) is 0 Å². The highest BCUT2D eigenvalue weighted by molar-refractivity contribution is 6.84. The van der Waals surface area contributed by atoms with Crippen molar-refractivity contribution in [2.45, 2.75) is 19.6 Å². The zero-order valence-corrected chi connectivity index (χ0v) is 6.97. The SMILES string of the molecule is C[Si](C)(C)C#C/C=N\O. The molecule has 0 spiro atoms. The average Bonchev–Trinajstić information content (AvgIpc) is 1.63. The van der Waals surface area contributed by atoms with Crippen LogP contribution in [0.15, 0.2) is 5.16 Å². The van der Waals surface area contributed by atoms with Gasteiger partial charge in [-0.25, -0.2) is 0 Å². The van der Waals surface area contributed by atoms with Gasteiger partial charge in [0.05, 0.1) is 0 Å². The van der Waals surface area contributed by atoms with Crippen molar-refractivity contribution in [3.8, 4) is 11.5 Å². The van der Waals surface area contributed by atoms with Gasteiger partial charge in [-0.05, 0) is 0 Å². The van der Waals surface area contributed by atoms with Gasteiger partial charge in [-0.1, -0.05) is 30.7 Å². The fraction of sp³-hybridized carbons (Fsp3) is 0.500. The van der Waals surface area contributed by atoms with Crippen LogP contribution in [0.4, 0.5) is 0 Å². The van der Waals surface area contributed by atoms with Crippen LogP contribution in [0.5, 0.6) is 0 Å². The van der Waals surface area contributed by atoms with Crippen LogP contribution in [0, 0.1) is 11.5 Å². The van der Waals surface area contributed by atoms with Crippen molar-refractivity contribution in [3.63, 3.8) is 0 Å². The number of rotatable bonds is 0. The Labute approximate surface area is 56.6 Å². The number of hydrogen-bond donors (Lipinski definition) is 1. The third-order valence-electron chi connectivity index (χ3n) is 0.569. The highest BCUT2D eigenvalue weighted by Crippen LogP contribution is 1.95. The molecule has 0 radical (unpaired) electrons. The van der Waals surface area contributed by atoms with E-state index in [1.165, 1.54) is 6.21 Å². The van der Waals surface area contributed by atoms with E-state index in [1.807, 2.05) is 0 Å². The Kier molecular flexibility index (Phi) is 3.03. The predicted molar refractivity (Wildman–Crippen MR) is 41.4 cm³/mol. The third-order valence-corrected chi connectivity index (χ3v) is 1.46. The summed E-state index contributed by atoms with van der Waals surface area (Å²) in [6, 6.07) is 0. The van der Waals surface area contributed by atoms with Gasteiger partial charge in [-0.3, -0.25) is 0 Å². The van der Waals surface area contributed by atoms with E-state index in [0.717, 1.165) is 0 Å². The van der Waals surface area contributed by atoms with Gasteiger partial charge >= 0.3 is 0 Å². The molecule has 0 rings (SSSR count). The second-order valence-corrected chi connectivity index (χ2v) is 7.51. The smallest absolute Gasteiger partial charge is 0.129 e. The molecule has 0 saturated carbocycles. The molecule has 0 fully saturated rings. The van der Waals surface area contributed by atoms with E-state index >= 15 is 0 Å². The monoisotopic (exact) mass is 141 g/mol. The number of nitrogens with zero attached hydrogens (tertiary/aromatic N) is 1. The van der Waals surface area contributed by atoms with Crippen molar-refractivity contribution < 1.29 is 5.21 Å². The van der Waals surface area contributed by atoms with Crippen LogP contribution in [0.1, 0.15) is 0 Å². The van der Waals surface area contributed by atoms with Gasteiger partial charge in [-0.2, -0.15) is 0 Å². The van der Waals surface area contributed by atoms with Gasteiger partial charge < -0.3 is 5.21 Å². The minimum absolute atomic E-state index is 1.21. The molecule has 0 unspecified atom stereocenters. The first kappa shape index (κ1) is 8.25. The first-order valence-electron chi connectivity index (χ1n) is 2.75. The molecule has 9 heavy (non-hydrogen) atoms. The van der Waals surface area contributed by atoms with Crippen molar-refractivity contribution in [2.24, 2.45) is 5.16 Å². The summed E-state index contributed by atoms with van der Waals surface area (Å²) < 4.78 is 0. The van der Waals surface area contributed by atoms with E-state index in [-0.39, 0.29) is 0 Å². The predicted octanol–water partition coefficient (Wildman–Crippen LogP) is 1.33. The Morgan fingerprint density at radius 1 is 1.44 bits per heavy atom. The van der Waals surface area contributed by atoms with Crippen LogP contribution in [-0.4, -0.2) is 19.5 Å². The second-order valence-electron chi connectivity index (χ2n) is 2.76. The summed E-state index contributed by atoms with van der Waals surface area (Å²) in [6.07, 6.45) is 1.21. The first-order valence-corrected chi connectivity index (χ1v) is 6.25. The summed E-state index contributed by atoms with van der Waals surface area (Å²) in [6.45, 7) is 6.39. The van der Waals surface area contributed by atoms with E-state index in [2.05, 4.69) is 36.3 Å². The van der Waals surface area contributed by atoms with Gasteiger partial charge in [0, 0.05) is 0 Å². The summed E-state index contributed by atoms with van der Waals surface area (Å²) >= 11 is 0. The summed E-state index contributed by atoms with van der Waals surface area (Å²) in [5.74, 6) is 2.65. The largest absolute Gasteiger partial charge is 0.410 e. The Balaban J connectivity index is 3.88. The maximum Gasteiger partial charge on any atom is 0.129 e. The summed E-state index contributed by atoms with van der Waals surface area (Å²) in [5, 5.41) is 10.7. The molecule has 0 aliphatic heterocycles. The fourth-order valence-corrected chi connectivity index (χ4v) is 0.775. The minimum Gasteiger partial charge on any atom is -0.410 e. The van der Waals surface area contributed by atoms with Crippen LogP contribution >= 0.6 is 0 Å². The molecule has 0 amide bonds. The molecule has 50 valence electrons. The van der Waals surface area contributed by atoms with Gasteiger partial charge in [0.25, 0.3) is 0 Å². The van der Waals surface area contributed by atoms with E-state index < -0.39 is 8.07 Å². The molecule has 0 atom stereocenters. The molecular weight excluding hydrogens is 130 g/mol. The van der Waals surface area contributed by atoms with Crippen molar-refractivity contribution in [3.05, 3.63) is 0 Å².